The second-order valence-corrected chi connectivity index (χ2v) is 6.54. The zero-order valence-corrected chi connectivity index (χ0v) is 12.8. The Bertz CT molecular complexity index is 424. The summed E-state index contributed by atoms with van der Waals surface area (Å²) in [6.07, 6.45) is 0.355. The van der Waals surface area contributed by atoms with Gasteiger partial charge in [0, 0.05) is 7.11 Å². The van der Waals surface area contributed by atoms with Crippen molar-refractivity contribution in [2.75, 3.05) is 13.7 Å². The van der Waals surface area contributed by atoms with Crippen molar-refractivity contribution in [3.05, 3.63) is 12.0 Å². The molecule has 0 aliphatic carbocycles. The van der Waals surface area contributed by atoms with Crippen LogP contribution in [0, 0.1) is 5.92 Å². The molecule has 0 saturated heterocycles. The van der Waals surface area contributed by atoms with Gasteiger partial charge in [0.2, 0.25) is 11.8 Å². The van der Waals surface area contributed by atoms with Crippen LogP contribution in [0.25, 0.3) is 0 Å². The van der Waals surface area contributed by atoms with E-state index in [1.165, 1.54) is 0 Å². The molecular weight excluding hydrogens is 285 g/mol. The lowest BCUT2D eigenvalue weighted by atomic mass is 10.0. The summed E-state index contributed by atoms with van der Waals surface area (Å²) in [6.45, 7) is 6.78. The molecule has 0 aromatic rings. The van der Waals surface area contributed by atoms with Crippen molar-refractivity contribution in [3.63, 3.8) is 0 Å². The van der Waals surface area contributed by atoms with E-state index in [2.05, 4.69) is 21.7 Å². The second-order valence-electron chi connectivity index (χ2n) is 4.59. The molecule has 2 atom stereocenters. The summed E-state index contributed by atoms with van der Waals surface area (Å²) in [6, 6.07) is -0.861. The normalized spacial score (nSPS) is 15.3. The van der Waals surface area contributed by atoms with Gasteiger partial charge in [0.25, 0.3) is 0 Å². The number of amides is 2. The predicted octanol–water partition coefficient (Wildman–Crippen LogP) is -0.105. The lowest BCUT2D eigenvalue weighted by molar-refractivity contribution is -0.128. The van der Waals surface area contributed by atoms with Crippen molar-refractivity contribution in [2.24, 2.45) is 11.7 Å². The third-order valence-electron chi connectivity index (χ3n) is 2.40. The Hall–Kier alpha value is -1.21. The molecule has 2 amide bonds. The van der Waals surface area contributed by atoms with Crippen LogP contribution in [0.15, 0.2) is 12.0 Å². The number of carbonyl (C=O) groups is 2. The van der Waals surface area contributed by atoms with E-state index >= 15 is 0 Å². The average molecular weight is 307 g/mol. The number of nitrogens with two attached hydrogens (primary N) is 1. The van der Waals surface area contributed by atoms with Crippen LogP contribution in [-0.4, -0.2) is 36.4 Å². The van der Waals surface area contributed by atoms with Crippen molar-refractivity contribution in [1.82, 2.24) is 10.6 Å². The summed E-state index contributed by atoms with van der Waals surface area (Å²) >= 11 is 0. The number of rotatable bonds is 8. The fraction of sp³-hybridized carbons (Fsp3) is 0.636. The van der Waals surface area contributed by atoms with E-state index in [1.54, 1.807) is 0 Å². The molecule has 0 aromatic heterocycles. The molecule has 0 radical (unpaired) electrons. The lowest BCUT2D eigenvalue weighted by Gasteiger charge is -2.21. The molecule has 0 fully saturated rings. The quantitative estimate of drug-likeness (QED) is 0.463. The fourth-order valence-corrected chi connectivity index (χ4v) is 1.84. The molecule has 0 heterocycles. The summed E-state index contributed by atoms with van der Waals surface area (Å²) in [5.41, 5.74) is 4.73. The minimum atomic E-state index is -4.10. The van der Waals surface area contributed by atoms with Gasteiger partial charge in [0.1, 0.15) is 11.5 Å². The minimum Gasteiger partial charge on any atom is -0.343 e. The molecule has 0 bridgehead atoms. The molecule has 0 spiro atoms. The van der Waals surface area contributed by atoms with E-state index in [0.717, 1.165) is 7.11 Å². The van der Waals surface area contributed by atoms with Gasteiger partial charge in [-0.05, 0) is 12.3 Å². The minimum absolute atomic E-state index is 0.125. The highest BCUT2D eigenvalue weighted by atomic mass is 31.2. The summed E-state index contributed by atoms with van der Waals surface area (Å²) < 4.78 is 15.8. The van der Waals surface area contributed by atoms with E-state index in [-0.39, 0.29) is 12.5 Å². The maximum absolute atomic E-state index is 12.0. The van der Waals surface area contributed by atoms with E-state index in [9.17, 15) is 19.0 Å². The Kier molecular flexibility index (Phi) is 7.67. The average Bonchev–Trinajstić information content (AvgIpc) is 2.36. The standard InChI is InChI=1S/C11H22N3O5P/c1-7(2)5-9(14-10(15)6-12)11(16)13-8(3)20(17,18)19-4/h7,9H,3,5-6,12H2,1-2,4H3,(H,13,16)(H,14,15)(H,17,18)/t9-/m1/s1. The van der Waals surface area contributed by atoms with Crippen LogP contribution in [0.1, 0.15) is 20.3 Å². The maximum Gasteiger partial charge on any atom is 0.374 e. The number of carbonyl (C=O) groups excluding carboxylic acids is 2. The van der Waals surface area contributed by atoms with E-state index in [1.807, 2.05) is 13.8 Å². The van der Waals surface area contributed by atoms with Gasteiger partial charge in [-0.3, -0.25) is 14.2 Å². The van der Waals surface area contributed by atoms with Gasteiger partial charge in [0.05, 0.1) is 6.54 Å². The third-order valence-corrected chi connectivity index (χ3v) is 3.69. The highest BCUT2D eigenvalue weighted by Crippen LogP contribution is 2.47. The molecular formula is C11H22N3O5P. The molecule has 116 valence electrons. The van der Waals surface area contributed by atoms with Crippen LogP contribution in [0.2, 0.25) is 0 Å². The number of hydrogen-bond donors (Lipinski definition) is 4. The smallest absolute Gasteiger partial charge is 0.343 e. The topological polar surface area (TPSA) is 131 Å². The highest BCUT2D eigenvalue weighted by molar-refractivity contribution is 7.57. The second kappa shape index (κ2) is 8.16. The first-order chi connectivity index (χ1) is 9.13. The van der Waals surface area contributed by atoms with Gasteiger partial charge in [-0.1, -0.05) is 20.4 Å². The Labute approximate surface area is 118 Å². The summed E-state index contributed by atoms with van der Waals surface area (Å²) in [5, 5.41) is 4.62. The first kappa shape index (κ1) is 18.8. The van der Waals surface area contributed by atoms with Gasteiger partial charge in [0.15, 0.2) is 0 Å². The van der Waals surface area contributed by atoms with Crippen LogP contribution in [0.4, 0.5) is 0 Å². The predicted molar refractivity (Wildman–Crippen MR) is 74.6 cm³/mol. The van der Waals surface area contributed by atoms with Crippen LogP contribution >= 0.6 is 7.60 Å². The molecule has 0 aromatic carbocycles. The summed E-state index contributed by atoms with van der Waals surface area (Å²) in [5.74, 6) is -1.01. The summed E-state index contributed by atoms with van der Waals surface area (Å²) in [4.78, 5) is 32.6. The van der Waals surface area contributed by atoms with Gasteiger partial charge in [-0.2, -0.15) is 0 Å². The number of nitrogens with one attached hydrogen (secondary N) is 2. The van der Waals surface area contributed by atoms with Crippen LogP contribution < -0.4 is 16.4 Å². The van der Waals surface area contributed by atoms with Crippen molar-refractivity contribution in [3.8, 4) is 0 Å². The van der Waals surface area contributed by atoms with Crippen molar-refractivity contribution < 1.29 is 23.6 Å². The van der Waals surface area contributed by atoms with Crippen molar-refractivity contribution >= 4 is 19.4 Å². The Morgan fingerprint density at radius 2 is 2.00 bits per heavy atom. The Morgan fingerprint density at radius 3 is 2.40 bits per heavy atom. The van der Waals surface area contributed by atoms with Crippen molar-refractivity contribution in [2.45, 2.75) is 26.3 Å². The molecule has 0 saturated carbocycles. The molecule has 0 rings (SSSR count). The summed E-state index contributed by atoms with van der Waals surface area (Å²) in [7, 11) is -3.07. The van der Waals surface area contributed by atoms with E-state index in [0.29, 0.717) is 6.42 Å². The molecule has 9 heteroatoms. The van der Waals surface area contributed by atoms with E-state index < -0.39 is 30.9 Å². The highest BCUT2D eigenvalue weighted by Gasteiger charge is 2.28. The van der Waals surface area contributed by atoms with Gasteiger partial charge < -0.3 is 25.8 Å². The zero-order chi connectivity index (χ0) is 15.9. The monoisotopic (exact) mass is 307 g/mol. The number of hydrogen-bond acceptors (Lipinski definition) is 5. The fourth-order valence-electron chi connectivity index (χ4n) is 1.37. The first-order valence-electron chi connectivity index (χ1n) is 6.02. The van der Waals surface area contributed by atoms with Crippen LogP contribution in [0.5, 0.6) is 0 Å². The Balaban J connectivity index is 4.83. The van der Waals surface area contributed by atoms with Gasteiger partial charge >= 0.3 is 7.60 Å². The molecule has 8 nitrogen and oxygen atoms in total. The molecule has 5 N–H and O–H groups in total. The maximum atomic E-state index is 12.0. The molecule has 20 heavy (non-hydrogen) atoms. The van der Waals surface area contributed by atoms with Crippen LogP contribution in [0.3, 0.4) is 0 Å². The van der Waals surface area contributed by atoms with Crippen molar-refractivity contribution in [1.29, 1.82) is 0 Å². The SMILES string of the molecule is C=C(NC(=O)[C@@H](CC(C)C)NC(=O)CN)P(=O)(O)OC. The van der Waals surface area contributed by atoms with E-state index in [4.69, 9.17) is 5.73 Å². The zero-order valence-electron chi connectivity index (χ0n) is 11.9. The van der Waals surface area contributed by atoms with Gasteiger partial charge in [-0.25, -0.2) is 0 Å². The largest absolute Gasteiger partial charge is 0.374 e. The van der Waals surface area contributed by atoms with Gasteiger partial charge in [-0.15, -0.1) is 0 Å². The molecule has 1 unspecified atom stereocenters. The van der Waals surface area contributed by atoms with Crippen LogP contribution in [-0.2, 0) is 18.7 Å². The lowest BCUT2D eigenvalue weighted by Crippen LogP contribution is -2.48. The Morgan fingerprint density at radius 1 is 1.45 bits per heavy atom. The molecule has 0 aliphatic heterocycles. The third kappa shape index (κ3) is 6.29. The molecule has 0 aliphatic rings. The first-order valence-corrected chi connectivity index (χ1v) is 7.60.